The fraction of sp³-hybridized carbons (Fsp3) is 0.150. The van der Waals surface area contributed by atoms with Gasteiger partial charge in [0, 0.05) is 5.56 Å². The van der Waals surface area contributed by atoms with Crippen LogP contribution in [0.25, 0.3) is 10.2 Å². The zero-order valence-corrected chi connectivity index (χ0v) is 15.0. The van der Waals surface area contributed by atoms with E-state index in [1.54, 1.807) is 54.0 Å². The van der Waals surface area contributed by atoms with Crippen LogP contribution in [0.3, 0.4) is 0 Å². The molecule has 1 amide bonds. The lowest BCUT2D eigenvalue weighted by molar-refractivity contribution is 0.0526. The number of carbonyl (C=O) groups is 2. The van der Waals surface area contributed by atoms with Crippen molar-refractivity contribution in [1.29, 1.82) is 0 Å². The van der Waals surface area contributed by atoms with Crippen LogP contribution in [0.4, 0.5) is 0 Å². The molecule has 0 atom stereocenters. The zero-order chi connectivity index (χ0) is 18.5. The molecule has 3 aromatic rings. The summed E-state index contributed by atoms with van der Waals surface area (Å²) in [6, 6.07) is 14.0. The van der Waals surface area contributed by atoms with E-state index in [4.69, 9.17) is 11.2 Å². The first kappa shape index (κ1) is 17.6. The van der Waals surface area contributed by atoms with Crippen molar-refractivity contribution < 1.29 is 14.3 Å². The second-order valence-corrected chi connectivity index (χ2v) is 6.37. The molecule has 1 heterocycles. The minimum Gasteiger partial charge on any atom is -0.462 e. The SMILES string of the molecule is C#CCn1c(=NC(=O)c2ccccc2)sc2cc(C(=O)OCC)ccc21. The van der Waals surface area contributed by atoms with Gasteiger partial charge in [-0.2, -0.15) is 4.99 Å². The standard InChI is InChI=1S/C20H16N2O3S/c1-3-12-22-16-11-10-15(19(24)25-4-2)13-17(16)26-20(22)21-18(23)14-8-6-5-7-9-14/h1,5-11,13H,4,12H2,2H3. The summed E-state index contributed by atoms with van der Waals surface area (Å²) in [6.07, 6.45) is 5.47. The van der Waals surface area contributed by atoms with Crippen molar-refractivity contribution in [3.8, 4) is 12.3 Å². The van der Waals surface area contributed by atoms with Crippen molar-refractivity contribution in [2.24, 2.45) is 4.99 Å². The van der Waals surface area contributed by atoms with E-state index in [1.807, 2.05) is 6.07 Å². The third-order valence-corrected chi connectivity index (χ3v) is 4.70. The lowest BCUT2D eigenvalue weighted by atomic mass is 10.2. The highest BCUT2D eigenvalue weighted by Crippen LogP contribution is 2.20. The Labute approximate surface area is 154 Å². The summed E-state index contributed by atoms with van der Waals surface area (Å²) in [6.45, 7) is 2.35. The second kappa shape index (κ2) is 7.81. The Bertz CT molecular complexity index is 1070. The zero-order valence-electron chi connectivity index (χ0n) is 14.1. The first-order chi connectivity index (χ1) is 12.6. The lowest BCUT2D eigenvalue weighted by Crippen LogP contribution is -2.16. The summed E-state index contributed by atoms with van der Waals surface area (Å²) >= 11 is 1.31. The van der Waals surface area contributed by atoms with Crippen LogP contribution in [-0.2, 0) is 11.3 Å². The van der Waals surface area contributed by atoms with Gasteiger partial charge in [-0.1, -0.05) is 35.5 Å². The van der Waals surface area contributed by atoms with E-state index < -0.39 is 0 Å². The largest absolute Gasteiger partial charge is 0.462 e. The first-order valence-corrected chi connectivity index (χ1v) is 8.83. The smallest absolute Gasteiger partial charge is 0.338 e. The molecule has 3 rings (SSSR count). The van der Waals surface area contributed by atoms with E-state index in [0.717, 1.165) is 10.2 Å². The number of rotatable bonds is 4. The Morgan fingerprint density at radius 2 is 1.96 bits per heavy atom. The highest BCUT2D eigenvalue weighted by atomic mass is 32.1. The number of benzene rings is 2. The number of hydrogen-bond acceptors (Lipinski definition) is 4. The number of aromatic nitrogens is 1. The number of amides is 1. The van der Waals surface area contributed by atoms with Gasteiger partial charge >= 0.3 is 5.97 Å². The molecule has 0 aliphatic rings. The highest BCUT2D eigenvalue weighted by molar-refractivity contribution is 7.16. The minimum atomic E-state index is -0.384. The fourth-order valence-corrected chi connectivity index (χ4v) is 3.54. The fourth-order valence-electron chi connectivity index (χ4n) is 2.48. The van der Waals surface area contributed by atoms with E-state index in [0.29, 0.717) is 22.5 Å². The molecule has 0 saturated carbocycles. The quantitative estimate of drug-likeness (QED) is 0.527. The summed E-state index contributed by atoms with van der Waals surface area (Å²) in [7, 11) is 0. The van der Waals surface area contributed by atoms with Gasteiger partial charge < -0.3 is 9.30 Å². The van der Waals surface area contributed by atoms with Crippen LogP contribution in [0.2, 0.25) is 0 Å². The van der Waals surface area contributed by atoms with E-state index in [-0.39, 0.29) is 18.4 Å². The van der Waals surface area contributed by atoms with E-state index in [9.17, 15) is 9.59 Å². The molecule has 1 aromatic heterocycles. The molecule has 0 aliphatic heterocycles. The molecule has 0 radical (unpaired) electrons. The number of thiazole rings is 1. The van der Waals surface area contributed by atoms with Crippen LogP contribution in [0.5, 0.6) is 0 Å². The van der Waals surface area contributed by atoms with Crippen molar-refractivity contribution in [3.05, 3.63) is 64.5 Å². The molecule has 5 nitrogen and oxygen atoms in total. The van der Waals surface area contributed by atoms with Gasteiger partial charge in [0.25, 0.3) is 5.91 Å². The molecule has 6 heteroatoms. The molecule has 2 aromatic carbocycles. The van der Waals surface area contributed by atoms with Gasteiger partial charge in [0.15, 0.2) is 4.80 Å². The Hall–Kier alpha value is -3.17. The number of terminal acetylenes is 1. The Kier molecular flexibility index (Phi) is 5.30. The number of carbonyl (C=O) groups excluding carboxylic acids is 2. The maximum absolute atomic E-state index is 12.4. The second-order valence-electron chi connectivity index (χ2n) is 5.36. The number of esters is 1. The van der Waals surface area contributed by atoms with Crippen molar-refractivity contribution in [1.82, 2.24) is 4.57 Å². The molecular formula is C20H16N2O3S. The average molecular weight is 364 g/mol. The average Bonchev–Trinajstić information content (AvgIpc) is 2.99. The van der Waals surface area contributed by atoms with Crippen LogP contribution < -0.4 is 4.80 Å². The van der Waals surface area contributed by atoms with E-state index in [1.165, 1.54) is 11.3 Å². The highest BCUT2D eigenvalue weighted by Gasteiger charge is 2.12. The number of hydrogen-bond donors (Lipinski definition) is 0. The molecule has 0 saturated heterocycles. The molecular weight excluding hydrogens is 348 g/mol. The van der Waals surface area contributed by atoms with Crippen molar-refractivity contribution in [2.45, 2.75) is 13.5 Å². The van der Waals surface area contributed by atoms with Crippen molar-refractivity contribution >= 4 is 33.4 Å². The third-order valence-electron chi connectivity index (χ3n) is 3.66. The van der Waals surface area contributed by atoms with Gasteiger partial charge in [0.05, 0.1) is 28.9 Å². The van der Waals surface area contributed by atoms with Crippen LogP contribution >= 0.6 is 11.3 Å². The number of nitrogens with zero attached hydrogens (tertiary/aromatic N) is 2. The third kappa shape index (κ3) is 3.58. The summed E-state index contributed by atoms with van der Waals surface area (Å²) < 4.78 is 7.63. The normalized spacial score (nSPS) is 11.3. The van der Waals surface area contributed by atoms with Gasteiger partial charge in [-0.15, -0.1) is 6.42 Å². The Balaban J connectivity index is 2.11. The molecule has 0 spiro atoms. The van der Waals surface area contributed by atoms with E-state index >= 15 is 0 Å². The minimum absolute atomic E-state index is 0.277. The summed E-state index contributed by atoms with van der Waals surface area (Å²) in [4.78, 5) is 29.1. The number of fused-ring (bicyclic) bond motifs is 1. The monoisotopic (exact) mass is 364 g/mol. The van der Waals surface area contributed by atoms with Gasteiger partial charge in [-0.3, -0.25) is 4.79 Å². The van der Waals surface area contributed by atoms with Crippen LogP contribution in [0.1, 0.15) is 27.6 Å². The predicted molar refractivity (Wildman–Crippen MR) is 101 cm³/mol. The molecule has 0 N–H and O–H groups in total. The summed E-state index contributed by atoms with van der Waals surface area (Å²) in [5, 5.41) is 0. The maximum atomic E-state index is 12.4. The van der Waals surface area contributed by atoms with Gasteiger partial charge in [-0.25, -0.2) is 4.79 Å². The van der Waals surface area contributed by atoms with Gasteiger partial charge in [0.1, 0.15) is 0 Å². The van der Waals surface area contributed by atoms with Crippen LogP contribution in [0, 0.1) is 12.3 Å². The predicted octanol–water partition coefficient (Wildman–Crippen LogP) is 3.25. The van der Waals surface area contributed by atoms with Crippen LogP contribution in [-0.4, -0.2) is 23.1 Å². The number of ether oxygens (including phenoxy) is 1. The van der Waals surface area contributed by atoms with Crippen molar-refractivity contribution in [3.63, 3.8) is 0 Å². The Morgan fingerprint density at radius 3 is 2.65 bits per heavy atom. The molecule has 26 heavy (non-hydrogen) atoms. The van der Waals surface area contributed by atoms with Crippen LogP contribution in [0.15, 0.2) is 53.5 Å². The van der Waals surface area contributed by atoms with Gasteiger partial charge in [-0.05, 0) is 37.3 Å². The molecule has 0 aliphatic carbocycles. The van der Waals surface area contributed by atoms with E-state index in [2.05, 4.69) is 10.9 Å². The molecule has 0 fully saturated rings. The first-order valence-electron chi connectivity index (χ1n) is 8.02. The maximum Gasteiger partial charge on any atom is 0.338 e. The molecule has 0 bridgehead atoms. The van der Waals surface area contributed by atoms with Crippen molar-refractivity contribution in [2.75, 3.05) is 6.61 Å². The molecule has 130 valence electrons. The van der Waals surface area contributed by atoms with Gasteiger partial charge in [0.2, 0.25) is 0 Å². The summed E-state index contributed by atoms with van der Waals surface area (Å²) in [5.41, 5.74) is 1.78. The molecule has 0 unspecified atom stereocenters. The lowest BCUT2D eigenvalue weighted by Gasteiger charge is -2.03. The summed E-state index contributed by atoms with van der Waals surface area (Å²) in [5.74, 6) is 1.86. The Morgan fingerprint density at radius 1 is 1.19 bits per heavy atom. The topological polar surface area (TPSA) is 60.7 Å².